The lowest BCUT2D eigenvalue weighted by Crippen LogP contribution is -2.47. The van der Waals surface area contributed by atoms with Gasteiger partial charge in [0.15, 0.2) is 0 Å². The number of rotatable bonds is 4. The number of aromatic nitrogens is 2. The Morgan fingerprint density at radius 2 is 2.11 bits per heavy atom. The summed E-state index contributed by atoms with van der Waals surface area (Å²) in [6.07, 6.45) is 2.00. The van der Waals surface area contributed by atoms with E-state index in [0.717, 1.165) is 54.9 Å². The molecule has 0 radical (unpaired) electrons. The van der Waals surface area contributed by atoms with Gasteiger partial charge in [0, 0.05) is 24.7 Å². The maximum atomic E-state index is 13.1. The Hall–Kier alpha value is -2.73. The van der Waals surface area contributed by atoms with Crippen molar-refractivity contribution in [1.29, 1.82) is 0 Å². The van der Waals surface area contributed by atoms with Gasteiger partial charge in [-0.15, -0.1) is 0 Å². The number of nitrogens with one attached hydrogen (secondary N) is 2. The maximum absolute atomic E-state index is 13.1. The molecule has 2 aromatic carbocycles. The molecule has 3 aromatic rings. The molecule has 1 fully saturated rings. The third-order valence-electron chi connectivity index (χ3n) is 5.02. The number of hydrogen-bond donors (Lipinski definition) is 2. The fourth-order valence-electron chi connectivity index (χ4n) is 3.71. The zero-order valence-corrected chi connectivity index (χ0v) is 15.3. The first-order valence-corrected chi connectivity index (χ1v) is 9.31. The number of carbonyl (C=O) groups is 1. The average Bonchev–Trinajstić information content (AvgIpc) is 3.03. The molecule has 1 aromatic heterocycles. The van der Waals surface area contributed by atoms with Crippen molar-refractivity contribution in [1.82, 2.24) is 20.2 Å². The summed E-state index contributed by atoms with van der Waals surface area (Å²) in [7, 11) is 0. The predicted molar refractivity (Wildman–Crippen MR) is 103 cm³/mol. The quantitative estimate of drug-likeness (QED) is 0.744. The topological polar surface area (TPSA) is 61.0 Å². The minimum absolute atomic E-state index is 0.0576. The van der Waals surface area contributed by atoms with Gasteiger partial charge in [-0.25, -0.2) is 9.37 Å². The lowest BCUT2D eigenvalue weighted by Gasteiger charge is -2.33. The van der Waals surface area contributed by atoms with Crippen LogP contribution < -0.4 is 5.32 Å². The van der Waals surface area contributed by atoms with Crippen LogP contribution >= 0.6 is 0 Å². The number of hydrogen-bond acceptors (Lipinski definition) is 3. The van der Waals surface area contributed by atoms with Gasteiger partial charge in [0.25, 0.3) is 5.91 Å². The van der Waals surface area contributed by atoms with Crippen LogP contribution in [0.15, 0.2) is 42.5 Å². The Kier molecular flexibility index (Phi) is 4.90. The van der Waals surface area contributed by atoms with Crippen molar-refractivity contribution in [3.8, 4) is 0 Å². The second kappa shape index (κ2) is 7.48. The molecular formula is C21H23FN4O. The molecule has 1 amide bonds. The number of fused-ring (bicyclic) bond motifs is 1. The molecule has 1 unspecified atom stereocenters. The Labute approximate surface area is 157 Å². The van der Waals surface area contributed by atoms with E-state index >= 15 is 0 Å². The van der Waals surface area contributed by atoms with Gasteiger partial charge >= 0.3 is 0 Å². The van der Waals surface area contributed by atoms with E-state index in [-0.39, 0.29) is 17.8 Å². The maximum Gasteiger partial charge on any atom is 0.251 e. The fourth-order valence-corrected chi connectivity index (χ4v) is 3.71. The van der Waals surface area contributed by atoms with Crippen LogP contribution in [0.1, 0.15) is 34.6 Å². The summed E-state index contributed by atoms with van der Waals surface area (Å²) in [4.78, 5) is 22.5. The summed E-state index contributed by atoms with van der Waals surface area (Å²) in [5.74, 6) is 0.566. The lowest BCUT2D eigenvalue weighted by molar-refractivity contribution is 0.0901. The van der Waals surface area contributed by atoms with E-state index in [0.29, 0.717) is 5.56 Å². The molecule has 1 aliphatic rings. The molecule has 0 saturated carbocycles. The number of aromatic amines is 1. The molecule has 0 bridgehead atoms. The van der Waals surface area contributed by atoms with Gasteiger partial charge in [-0.2, -0.15) is 0 Å². The molecular weight excluding hydrogens is 343 g/mol. The normalized spacial score (nSPS) is 17.9. The van der Waals surface area contributed by atoms with Crippen LogP contribution in [0.5, 0.6) is 0 Å². The van der Waals surface area contributed by atoms with Gasteiger partial charge < -0.3 is 10.3 Å². The number of benzene rings is 2. The first kappa shape index (κ1) is 17.7. The van der Waals surface area contributed by atoms with Crippen molar-refractivity contribution in [3.63, 3.8) is 0 Å². The van der Waals surface area contributed by atoms with Crippen LogP contribution in [0.4, 0.5) is 4.39 Å². The van der Waals surface area contributed by atoms with Crippen LogP contribution in [0.25, 0.3) is 11.0 Å². The first-order valence-electron chi connectivity index (χ1n) is 9.31. The molecule has 0 spiro atoms. The fraction of sp³-hybridized carbons (Fsp3) is 0.333. The molecule has 2 heterocycles. The van der Waals surface area contributed by atoms with Gasteiger partial charge in [0.2, 0.25) is 0 Å². The van der Waals surface area contributed by atoms with Crippen molar-refractivity contribution in [3.05, 3.63) is 65.2 Å². The highest BCUT2D eigenvalue weighted by Gasteiger charge is 2.22. The highest BCUT2D eigenvalue weighted by molar-refractivity contribution is 5.97. The standard InChI is InChI=1S/C21H23FN4O/c1-14-23-19-9-6-16(11-20(19)24-14)21(27)25-18-3-2-10-26(13-18)12-15-4-7-17(22)8-5-15/h4-9,11,18H,2-3,10,12-13H2,1H3,(H,23,24)(H,25,27). The van der Waals surface area contributed by atoms with Gasteiger partial charge in [-0.3, -0.25) is 9.69 Å². The van der Waals surface area contributed by atoms with Crippen LogP contribution in [0.2, 0.25) is 0 Å². The van der Waals surface area contributed by atoms with Gasteiger partial charge in [0.05, 0.1) is 11.0 Å². The van der Waals surface area contributed by atoms with Gasteiger partial charge in [-0.1, -0.05) is 12.1 Å². The number of halogens is 1. The first-order chi connectivity index (χ1) is 13.1. The molecule has 2 N–H and O–H groups in total. The molecule has 1 saturated heterocycles. The zero-order chi connectivity index (χ0) is 18.8. The highest BCUT2D eigenvalue weighted by atomic mass is 19.1. The van der Waals surface area contributed by atoms with E-state index in [2.05, 4.69) is 20.2 Å². The van der Waals surface area contributed by atoms with Crippen LogP contribution in [0, 0.1) is 12.7 Å². The summed E-state index contributed by atoms with van der Waals surface area (Å²) < 4.78 is 13.1. The van der Waals surface area contributed by atoms with Crippen molar-refractivity contribution < 1.29 is 9.18 Å². The molecule has 4 rings (SSSR count). The summed E-state index contributed by atoms with van der Waals surface area (Å²) in [5.41, 5.74) is 3.47. The Bertz CT molecular complexity index is 950. The Balaban J connectivity index is 1.38. The minimum atomic E-state index is -0.216. The number of aryl methyl sites for hydroxylation is 1. The molecule has 0 aliphatic carbocycles. The molecule has 27 heavy (non-hydrogen) atoms. The molecule has 140 valence electrons. The Morgan fingerprint density at radius 3 is 2.93 bits per heavy atom. The highest BCUT2D eigenvalue weighted by Crippen LogP contribution is 2.17. The largest absolute Gasteiger partial charge is 0.348 e. The molecule has 6 heteroatoms. The smallest absolute Gasteiger partial charge is 0.251 e. The van der Waals surface area contributed by atoms with Crippen molar-refractivity contribution in [2.24, 2.45) is 0 Å². The number of likely N-dealkylation sites (tertiary alicyclic amines) is 1. The number of nitrogens with zero attached hydrogens (tertiary/aromatic N) is 2. The number of carbonyl (C=O) groups excluding carboxylic acids is 1. The van der Waals surface area contributed by atoms with Crippen molar-refractivity contribution in [2.75, 3.05) is 13.1 Å². The van der Waals surface area contributed by atoms with Crippen LogP contribution in [0.3, 0.4) is 0 Å². The molecule has 1 aliphatic heterocycles. The van der Waals surface area contributed by atoms with Gasteiger partial charge in [-0.05, 0) is 62.2 Å². The van der Waals surface area contributed by atoms with E-state index in [1.54, 1.807) is 0 Å². The number of imidazole rings is 1. The second-order valence-corrected chi connectivity index (χ2v) is 7.23. The number of H-pyrrole nitrogens is 1. The summed E-state index contributed by atoms with van der Waals surface area (Å²) >= 11 is 0. The predicted octanol–water partition coefficient (Wildman–Crippen LogP) is 3.40. The van der Waals surface area contributed by atoms with E-state index in [4.69, 9.17) is 0 Å². The van der Waals surface area contributed by atoms with Gasteiger partial charge in [0.1, 0.15) is 11.6 Å². The third kappa shape index (κ3) is 4.17. The summed E-state index contributed by atoms with van der Waals surface area (Å²) in [6.45, 7) is 4.46. The molecule has 5 nitrogen and oxygen atoms in total. The second-order valence-electron chi connectivity index (χ2n) is 7.23. The zero-order valence-electron chi connectivity index (χ0n) is 15.3. The van der Waals surface area contributed by atoms with E-state index in [9.17, 15) is 9.18 Å². The summed E-state index contributed by atoms with van der Waals surface area (Å²) in [5, 5.41) is 3.16. The average molecular weight is 366 g/mol. The molecule has 1 atom stereocenters. The van der Waals surface area contributed by atoms with E-state index in [1.165, 1.54) is 12.1 Å². The van der Waals surface area contributed by atoms with Crippen LogP contribution in [-0.4, -0.2) is 39.9 Å². The third-order valence-corrected chi connectivity index (χ3v) is 5.02. The van der Waals surface area contributed by atoms with E-state index < -0.39 is 0 Å². The van der Waals surface area contributed by atoms with Crippen molar-refractivity contribution >= 4 is 16.9 Å². The van der Waals surface area contributed by atoms with E-state index in [1.807, 2.05) is 37.3 Å². The summed E-state index contributed by atoms with van der Waals surface area (Å²) in [6, 6.07) is 12.3. The SMILES string of the molecule is Cc1nc2ccc(C(=O)NC3CCCN(Cc4ccc(F)cc4)C3)cc2[nH]1. The Morgan fingerprint density at radius 1 is 1.30 bits per heavy atom. The number of piperidine rings is 1. The van der Waals surface area contributed by atoms with Crippen molar-refractivity contribution in [2.45, 2.75) is 32.4 Å². The monoisotopic (exact) mass is 366 g/mol. The minimum Gasteiger partial charge on any atom is -0.348 e. The van der Waals surface area contributed by atoms with Crippen LogP contribution in [-0.2, 0) is 6.54 Å². The number of amides is 1. The lowest BCUT2D eigenvalue weighted by atomic mass is 10.0.